The Bertz CT molecular complexity index is 830. The fraction of sp³-hybridized carbons (Fsp3) is 0.188. The normalized spacial score (nSPS) is 10.9. The van der Waals surface area contributed by atoms with Crippen molar-refractivity contribution in [2.45, 2.75) is 18.7 Å². The van der Waals surface area contributed by atoms with Gasteiger partial charge in [-0.2, -0.15) is 8.42 Å². The molecule has 0 saturated carbocycles. The highest BCUT2D eigenvalue weighted by Crippen LogP contribution is 2.29. The van der Waals surface area contributed by atoms with E-state index in [9.17, 15) is 13.2 Å². The first-order valence-corrected chi connectivity index (χ1v) is 8.20. The molecule has 122 valence electrons. The minimum atomic E-state index is -4.01. The van der Waals surface area contributed by atoms with E-state index in [0.717, 1.165) is 0 Å². The van der Waals surface area contributed by atoms with Crippen molar-refractivity contribution in [1.29, 1.82) is 0 Å². The second-order valence-electron chi connectivity index (χ2n) is 4.85. The largest absolute Gasteiger partial charge is 0.495 e. The molecule has 2 rings (SSSR count). The highest BCUT2D eigenvalue weighted by atomic mass is 32.2. The van der Waals surface area contributed by atoms with Gasteiger partial charge in [-0.3, -0.25) is 4.79 Å². The first-order valence-electron chi connectivity index (χ1n) is 6.79. The Morgan fingerprint density at radius 1 is 1.09 bits per heavy atom. The molecule has 2 aromatic rings. The number of amides is 1. The van der Waals surface area contributed by atoms with E-state index in [2.05, 4.69) is 5.32 Å². The van der Waals surface area contributed by atoms with Crippen LogP contribution in [0.4, 0.5) is 5.69 Å². The third kappa shape index (κ3) is 4.01. The predicted molar refractivity (Wildman–Crippen MR) is 86.3 cm³/mol. The van der Waals surface area contributed by atoms with Crippen molar-refractivity contribution in [3.63, 3.8) is 0 Å². The van der Waals surface area contributed by atoms with Gasteiger partial charge in [0.25, 0.3) is 0 Å². The average Bonchev–Trinajstić information content (AvgIpc) is 2.49. The Hall–Kier alpha value is -2.54. The van der Waals surface area contributed by atoms with Gasteiger partial charge >= 0.3 is 10.1 Å². The molecule has 0 aliphatic heterocycles. The van der Waals surface area contributed by atoms with Gasteiger partial charge in [0, 0.05) is 13.0 Å². The molecule has 0 aliphatic rings. The van der Waals surface area contributed by atoms with Crippen molar-refractivity contribution in [2.75, 3.05) is 12.4 Å². The van der Waals surface area contributed by atoms with E-state index >= 15 is 0 Å². The van der Waals surface area contributed by atoms with Gasteiger partial charge in [-0.05, 0) is 30.7 Å². The molecule has 0 heterocycles. The molecule has 1 amide bonds. The third-order valence-corrected chi connectivity index (χ3v) is 4.30. The Morgan fingerprint density at radius 2 is 1.78 bits per heavy atom. The van der Waals surface area contributed by atoms with Gasteiger partial charge in [0.2, 0.25) is 5.91 Å². The number of carbonyl (C=O) groups excluding carboxylic acids is 1. The van der Waals surface area contributed by atoms with Crippen LogP contribution in [0, 0.1) is 6.92 Å². The van der Waals surface area contributed by atoms with Crippen molar-refractivity contribution in [3.8, 4) is 11.5 Å². The summed E-state index contributed by atoms with van der Waals surface area (Å²) in [4.78, 5) is 11.1. The molecule has 0 bridgehead atoms. The zero-order chi connectivity index (χ0) is 17.0. The Kier molecular flexibility index (Phi) is 4.90. The summed E-state index contributed by atoms with van der Waals surface area (Å²) in [6.07, 6.45) is 0. The number of nitrogens with one attached hydrogen (secondary N) is 1. The van der Waals surface area contributed by atoms with Crippen molar-refractivity contribution in [1.82, 2.24) is 0 Å². The maximum atomic E-state index is 12.4. The first kappa shape index (κ1) is 16.8. The van der Waals surface area contributed by atoms with Crippen LogP contribution in [0.5, 0.6) is 11.5 Å². The van der Waals surface area contributed by atoms with E-state index in [1.165, 1.54) is 32.2 Å². The van der Waals surface area contributed by atoms with Crippen LogP contribution >= 0.6 is 0 Å². The summed E-state index contributed by atoms with van der Waals surface area (Å²) in [5, 5.41) is 2.56. The molecule has 7 heteroatoms. The number of aryl methyl sites for hydroxylation is 1. The van der Waals surface area contributed by atoms with Crippen LogP contribution in [-0.4, -0.2) is 21.4 Å². The smallest absolute Gasteiger partial charge is 0.339 e. The third-order valence-electron chi connectivity index (χ3n) is 3.07. The quantitative estimate of drug-likeness (QED) is 0.850. The number of carbonyl (C=O) groups is 1. The lowest BCUT2D eigenvalue weighted by Crippen LogP contribution is -2.12. The van der Waals surface area contributed by atoms with Crippen LogP contribution in [-0.2, 0) is 14.9 Å². The lowest BCUT2D eigenvalue weighted by molar-refractivity contribution is -0.114. The fourth-order valence-corrected chi connectivity index (χ4v) is 2.94. The van der Waals surface area contributed by atoms with Crippen LogP contribution in [0.15, 0.2) is 47.4 Å². The van der Waals surface area contributed by atoms with E-state index in [1.807, 2.05) is 0 Å². The van der Waals surface area contributed by atoms with E-state index in [-0.39, 0.29) is 22.3 Å². The van der Waals surface area contributed by atoms with Crippen LogP contribution in [0.3, 0.4) is 0 Å². The predicted octanol–water partition coefficient (Wildman–Crippen LogP) is 2.73. The number of hydrogen-bond donors (Lipinski definition) is 1. The first-order chi connectivity index (χ1) is 10.8. The second-order valence-corrected chi connectivity index (χ2v) is 6.39. The number of benzene rings is 2. The number of hydrogen-bond acceptors (Lipinski definition) is 5. The summed E-state index contributed by atoms with van der Waals surface area (Å²) < 4.78 is 35.1. The molecule has 0 aromatic heterocycles. The van der Waals surface area contributed by atoms with Gasteiger partial charge in [-0.1, -0.05) is 18.2 Å². The van der Waals surface area contributed by atoms with Gasteiger partial charge < -0.3 is 14.2 Å². The molecular weight excluding hydrogens is 318 g/mol. The van der Waals surface area contributed by atoms with Crippen molar-refractivity contribution < 1.29 is 22.1 Å². The minimum Gasteiger partial charge on any atom is -0.495 e. The number of anilines is 1. The molecule has 0 atom stereocenters. The van der Waals surface area contributed by atoms with E-state index in [0.29, 0.717) is 11.3 Å². The average molecular weight is 335 g/mol. The topological polar surface area (TPSA) is 81.7 Å². The van der Waals surface area contributed by atoms with E-state index in [1.54, 1.807) is 31.2 Å². The number of rotatable bonds is 5. The molecule has 6 nitrogen and oxygen atoms in total. The Labute approximate surface area is 135 Å². The SMILES string of the molecule is COc1cc(S(=O)(=O)Oc2ccccc2C)ccc1NC(C)=O. The van der Waals surface area contributed by atoms with Crippen molar-refractivity contribution >= 4 is 21.7 Å². The van der Waals surface area contributed by atoms with Gasteiger partial charge in [0.1, 0.15) is 16.4 Å². The van der Waals surface area contributed by atoms with E-state index < -0.39 is 10.1 Å². The summed E-state index contributed by atoms with van der Waals surface area (Å²) in [5.74, 6) is 0.210. The molecule has 0 saturated heterocycles. The summed E-state index contributed by atoms with van der Waals surface area (Å²) in [7, 11) is -2.62. The van der Waals surface area contributed by atoms with Crippen molar-refractivity contribution in [3.05, 3.63) is 48.0 Å². The standard InChI is InChI=1S/C16H17NO5S/c1-11-6-4-5-7-15(11)22-23(19,20)13-8-9-14(17-12(2)18)16(10-13)21-3/h4-10H,1-3H3,(H,17,18). The molecule has 0 spiro atoms. The van der Waals surface area contributed by atoms with Crippen LogP contribution in [0.25, 0.3) is 0 Å². The highest BCUT2D eigenvalue weighted by molar-refractivity contribution is 7.87. The van der Waals surface area contributed by atoms with Gasteiger partial charge in [0.15, 0.2) is 0 Å². The summed E-state index contributed by atoms with van der Waals surface area (Å²) in [6.45, 7) is 3.11. The maximum Gasteiger partial charge on any atom is 0.339 e. The number of ether oxygens (including phenoxy) is 1. The second kappa shape index (κ2) is 6.70. The highest BCUT2D eigenvalue weighted by Gasteiger charge is 2.20. The monoisotopic (exact) mass is 335 g/mol. The molecule has 0 aliphatic carbocycles. The molecule has 0 fully saturated rings. The summed E-state index contributed by atoms with van der Waals surface area (Å²) in [6, 6.07) is 10.9. The summed E-state index contributed by atoms with van der Waals surface area (Å²) in [5.41, 5.74) is 1.09. The van der Waals surface area contributed by atoms with Crippen LogP contribution in [0.2, 0.25) is 0 Å². The Balaban J connectivity index is 2.36. The number of para-hydroxylation sites is 1. The molecule has 0 unspecified atom stereocenters. The zero-order valence-corrected chi connectivity index (χ0v) is 13.8. The molecule has 2 aromatic carbocycles. The molecular formula is C16H17NO5S. The van der Waals surface area contributed by atoms with Gasteiger partial charge in [-0.15, -0.1) is 0 Å². The minimum absolute atomic E-state index is 0.0632. The maximum absolute atomic E-state index is 12.4. The fourth-order valence-electron chi connectivity index (χ4n) is 1.94. The lowest BCUT2D eigenvalue weighted by Gasteiger charge is -2.12. The van der Waals surface area contributed by atoms with Crippen LogP contribution in [0.1, 0.15) is 12.5 Å². The zero-order valence-electron chi connectivity index (χ0n) is 13.0. The molecule has 23 heavy (non-hydrogen) atoms. The van der Waals surface area contributed by atoms with Crippen molar-refractivity contribution in [2.24, 2.45) is 0 Å². The van der Waals surface area contributed by atoms with E-state index in [4.69, 9.17) is 8.92 Å². The Morgan fingerprint density at radius 3 is 2.39 bits per heavy atom. The van der Waals surface area contributed by atoms with Crippen LogP contribution < -0.4 is 14.2 Å². The number of methoxy groups -OCH3 is 1. The lowest BCUT2D eigenvalue weighted by atomic mass is 10.2. The summed E-state index contributed by atoms with van der Waals surface area (Å²) >= 11 is 0. The van der Waals surface area contributed by atoms with Gasteiger partial charge in [0.05, 0.1) is 12.8 Å². The molecule has 1 N–H and O–H groups in total. The molecule has 0 radical (unpaired) electrons. The van der Waals surface area contributed by atoms with Gasteiger partial charge in [-0.25, -0.2) is 0 Å².